The number of rotatable bonds is 0. The second-order valence-corrected chi connectivity index (χ2v) is 9.23. The Morgan fingerprint density at radius 3 is 2.57 bits per heavy atom. The minimum absolute atomic E-state index is 0.0522. The molecule has 4 rings (SSSR count). The molecule has 0 amide bonds. The zero-order valence-electron chi connectivity index (χ0n) is 14.2. The van der Waals surface area contributed by atoms with Crippen LogP contribution in [-0.2, 0) is 4.79 Å². The molecular weight excluding hydrogens is 295 g/mol. The quantitative estimate of drug-likeness (QED) is 0.720. The lowest BCUT2D eigenvalue weighted by molar-refractivity contribution is -0.200. The summed E-state index contributed by atoms with van der Waals surface area (Å²) in [7, 11) is 0. The summed E-state index contributed by atoms with van der Waals surface area (Å²) < 4.78 is 13.9. The van der Waals surface area contributed by atoms with Gasteiger partial charge in [-0.2, -0.15) is 0 Å². The normalized spacial score (nSPS) is 59.2. The van der Waals surface area contributed by atoms with Crippen LogP contribution >= 0.6 is 0 Å². The standard InChI is InChI=1S/C19H29FO3/c1-18-6-5-10(20)7-13(18)14(21)8-11-12-3-4-16(23)19(12,2)9-15(22)17(11)18/h10-15,17,21-22H,3-9H2,1-2H3/t10-,11-,12+,13-,14+,15-,17+,18-,19+/m1/s1. The van der Waals surface area contributed by atoms with Crippen molar-refractivity contribution in [2.75, 3.05) is 0 Å². The van der Waals surface area contributed by atoms with Gasteiger partial charge in [-0.05, 0) is 67.6 Å². The van der Waals surface area contributed by atoms with Gasteiger partial charge < -0.3 is 10.2 Å². The van der Waals surface area contributed by atoms with Crippen LogP contribution in [0.25, 0.3) is 0 Å². The Morgan fingerprint density at radius 2 is 1.83 bits per heavy atom. The molecule has 0 unspecified atom stereocenters. The molecule has 2 N–H and O–H groups in total. The van der Waals surface area contributed by atoms with E-state index in [4.69, 9.17) is 0 Å². The summed E-state index contributed by atoms with van der Waals surface area (Å²) in [6.07, 6.45) is 2.57. The van der Waals surface area contributed by atoms with Gasteiger partial charge in [-0.15, -0.1) is 0 Å². The molecule has 130 valence electrons. The van der Waals surface area contributed by atoms with E-state index >= 15 is 0 Å². The van der Waals surface area contributed by atoms with Gasteiger partial charge in [0.15, 0.2) is 0 Å². The predicted octanol–water partition coefficient (Wildman–Crippen LogP) is 2.88. The van der Waals surface area contributed by atoms with E-state index < -0.39 is 23.8 Å². The van der Waals surface area contributed by atoms with Gasteiger partial charge in [0.2, 0.25) is 0 Å². The summed E-state index contributed by atoms with van der Waals surface area (Å²) in [5, 5.41) is 21.7. The van der Waals surface area contributed by atoms with Gasteiger partial charge in [-0.3, -0.25) is 4.79 Å². The number of hydrogen-bond acceptors (Lipinski definition) is 3. The highest BCUT2D eigenvalue weighted by atomic mass is 19.1. The van der Waals surface area contributed by atoms with E-state index in [9.17, 15) is 19.4 Å². The van der Waals surface area contributed by atoms with Crippen molar-refractivity contribution in [3.63, 3.8) is 0 Å². The first-order valence-electron chi connectivity index (χ1n) is 9.31. The molecule has 4 aliphatic carbocycles. The van der Waals surface area contributed by atoms with Gasteiger partial charge in [0, 0.05) is 11.8 Å². The van der Waals surface area contributed by atoms with Crippen LogP contribution in [0.15, 0.2) is 0 Å². The summed E-state index contributed by atoms with van der Waals surface area (Å²) in [6, 6.07) is 0. The predicted molar refractivity (Wildman–Crippen MR) is 84.4 cm³/mol. The lowest BCUT2D eigenvalue weighted by Gasteiger charge is -2.62. The molecular formula is C19H29FO3. The van der Waals surface area contributed by atoms with Crippen LogP contribution in [0, 0.1) is 34.5 Å². The smallest absolute Gasteiger partial charge is 0.139 e. The van der Waals surface area contributed by atoms with Gasteiger partial charge in [0.1, 0.15) is 12.0 Å². The lowest BCUT2D eigenvalue weighted by atomic mass is 9.44. The molecule has 4 fully saturated rings. The van der Waals surface area contributed by atoms with E-state index in [1.807, 2.05) is 6.92 Å². The van der Waals surface area contributed by atoms with Crippen molar-refractivity contribution in [1.82, 2.24) is 0 Å². The van der Waals surface area contributed by atoms with Gasteiger partial charge in [-0.1, -0.05) is 13.8 Å². The van der Waals surface area contributed by atoms with Crippen molar-refractivity contribution >= 4 is 5.78 Å². The molecule has 4 aliphatic rings. The molecule has 0 bridgehead atoms. The van der Waals surface area contributed by atoms with Crippen LogP contribution in [0.2, 0.25) is 0 Å². The first-order chi connectivity index (χ1) is 10.8. The SMILES string of the molecule is C[C@@]12CC[C@@H](F)C[C@@H]1[C@@H](O)C[C@H]1[C@H]2[C@H](O)C[C@]2(C)C(=O)CC[C@@H]12. The highest BCUT2D eigenvalue weighted by Crippen LogP contribution is 2.65. The van der Waals surface area contributed by atoms with E-state index in [1.165, 1.54) is 0 Å². The molecule has 4 heteroatoms. The number of carbonyl (C=O) groups excluding carboxylic acids is 1. The number of fused-ring (bicyclic) bond motifs is 5. The fourth-order valence-corrected chi connectivity index (χ4v) is 7.15. The third-order valence-electron chi connectivity index (χ3n) is 8.26. The van der Waals surface area contributed by atoms with Crippen molar-refractivity contribution in [3.05, 3.63) is 0 Å². The molecule has 0 radical (unpaired) electrons. The Kier molecular flexibility index (Phi) is 3.49. The van der Waals surface area contributed by atoms with Gasteiger partial charge in [0.05, 0.1) is 12.2 Å². The molecule has 4 saturated carbocycles. The molecule has 0 saturated heterocycles. The average Bonchev–Trinajstić information content (AvgIpc) is 2.76. The fourth-order valence-electron chi connectivity index (χ4n) is 7.15. The van der Waals surface area contributed by atoms with Crippen LogP contribution in [-0.4, -0.2) is 34.4 Å². The average molecular weight is 324 g/mol. The second-order valence-electron chi connectivity index (χ2n) is 9.23. The second kappa shape index (κ2) is 5.01. The Bertz CT molecular complexity index is 523. The zero-order valence-corrected chi connectivity index (χ0v) is 14.2. The Labute approximate surface area is 137 Å². The third-order valence-corrected chi connectivity index (χ3v) is 8.26. The maximum atomic E-state index is 13.9. The molecule has 0 spiro atoms. The maximum absolute atomic E-state index is 13.9. The number of halogens is 1. The highest BCUT2D eigenvalue weighted by Gasteiger charge is 2.64. The summed E-state index contributed by atoms with van der Waals surface area (Å²) in [6.45, 7) is 4.18. The van der Waals surface area contributed by atoms with Gasteiger partial charge in [0.25, 0.3) is 0 Å². The fraction of sp³-hybridized carbons (Fsp3) is 0.947. The summed E-state index contributed by atoms with van der Waals surface area (Å²) in [5.41, 5.74) is -0.613. The van der Waals surface area contributed by atoms with Crippen LogP contribution < -0.4 is 0 Å². The zero-order chi connectivity index (χ0) is 16.6. The van der Waals surface area contributed by atoms with E-state index in [2.05, 4.69) is 6.92 Å². The molecule has 23 heavy (non-hydrogen) atoms. The molecule has 0 aliphatic heterocycles. The number of aliphatic hydroxyl groups excluding tert-OH is 2. The van der Waals surface area contributed by atoms with Crippen LogP contribution in [0.1, 0.15) is 58.8 Å². The monoisotopic (exact) mass is 324 g/mol. The number of ketones is 1. The largest absolute Gasteiger partial charge is 0.393 e. The van der Waals surface area contributed by atoms with Crippen molar-refractivity contribution in [2.24, 2.45) is 34.5 Å². The summed E-state index contributed by atoms with van der Waals surface area (Å²) in [5.74, 6) is 0.812. The topological polar surface area (TPSA) is 57.5 Å². The van der Waals surface area contributed by atoms with Gasteiger partial charge >= 0.3 is 0 Å². The summed E-state index contributed by atoms with van der Waals surface area (Å²) >= 11 is 0. The van der Waals surface area contributed by atoms with E-state index in [1.54, 1.807) is 0 Å². The Hall–Kier alpha value is -0.480. The third kappa shape index (κ3) is 2.03. The first kappa shape index (κ1) is 16.0. The van der Waals surface area contributed by atoms with Crippen molar-refractivity contribution < 1.29 is 19.4 Å². The first-order valence-corrected chi connectivity index (χ1v) is 9.31. The maximum Gasteiger partial charge on any atom is 0.139 e. The van der Waals surface area contributed by atoms with Crippen LogP contribution in [0.3, 0.4) is 0 Å². The van der Waals surface area contributed by atoms with Crippen LogP contribution in [0.4, 0.5) is 4.39 Å². The molecule has 0 aromatic carbocycles. The molecule has 3 nitrogen and oxygen atoms in total. The molecule has 9 atom stereocenters. The molecule has 0 aromatic rings. The summed E-state index contributed by atoms with van der Waals surface area (Å²) in [4.78, 5) is 12.4. The van der Waals surface area contributed by atoms with Gasteiger partial charge in [-0.25, -0.2) is 4.39 Å². The molecule has 0 aromatic heterocycles. The van der Waals surface area contributed by atoms with Crippen molar-refractivity contribution in [3.8, 4) is 0 Å². The number of Topliss-reactive ketones (excluding diaryl/α,β-unsaturated/α-hetero) is 1. The number of alkyl halides is 1. The minimum atomic E-state index is -0.821. The number of carbonyl (C=O) groups is 1. The van der Waals surface area contributed by atoms with Crippen LogP contribution in [0.5, 0.6) is 0 Å². The molecule has 0 heterocycles. The number of hydrogen-bond donors (Lipinski definition) is 2. The van der Waals surface area contributed by atoms with Crippen molar-refractivity contribution in [2.45, 2.75) is 77.2 Å². The minimum Gasteiger partial charge on any atom is -0.393 e. The Balaban J connectivity index is 1.73. The van der Waals surface area contributed by atoms with E-state index in [0.717, 1.165) is 12.8 Å². The van der Waals surface area contributed by atoms with Crippen molar-refractivity contribution in [1.29, 1.82) is 0 Å². The van der Waals surface area contributed by atoms with E-state index in [-0.39, 0.29) is 34.9 Å². The van der Waals surface area contributed by atoms with E-state index in [0.29, 0.717) is 32.1 Å². The number of aliphatic hydroxyl groups is 2. The Morgan fingerprint density at radius 1 is 1.09 bits per heavy atom. The highest BCUT2D eigenvalue weighted by molar-refractivity contribution is 5.87. The lowest BCUT2D eigenvalue weighted by Crippen LogP contribution is -2.62.